The van der Waals surface area contributed by atoms with Crippen molar-refractivity contribution in [3.8, 4) is 17.6 Å². The normalized spacial score (nSPS) is 23.3. The molecular weight excluding hydrogens is 566 g/mol. The van der Waals surface area contributed by atoms with Crippen molar-refractivity contribution < 1.29 is 17.9 Å². The molecule has 230 valence electrons. The lowest BCUT2D eigenvalue weighted by atomic mass is 9.88. The van der Waals surface area contributed by atoms with Crippen LogP contribution >= 0.6 is 0 Å². The van der Waals surface area contributed by atoms with Gasteiger partial charge in [-0.25, -0.2) is 18.4 Å². The average molecular weight is 608 g/mol. The number of carbonyl (C=O) groups excluding carboxylic acids is 1. The van der Waals surface area contributed by atoms with Crippen LogP contribution in [0.1, 0.15) is 48.5 Å². The molecule has 3 saturated heterocycles. The Balaban J connectivity index is 1.12. The van der Waals surface area contributed by atoms with Crippen LogP contribution in [0.3, 0.4) is 0 Å². The van der Waals surface area contributed by atoms with Gasteiger partial charge in [-0.05, 0) is 57.5 Å². The van der Waals surface area contributed by atoms with E-state index in [4.69, 9.17) is 4.74 Å². The molecular formula is C31H41N7O4S. The van der Waals surface area contributed by atoms with Crippen LogP contribution in [0.15, 0.2) is 18.5 Å². The predicted molar refractivity (Wildman–Crippen MR) is 167 cm³/mol. The molecule has 1 aromatic heterocycles. The number of sulfone groups is 1. The summed E-state index contributed by atoms with van der Waals surface area (Å²) in [6.07, 6.45) is 2.91. The monoisotopic (exact) mass is 607 g/mol. The maximum atomic E-state index is 12.6. The highest BCUT2D eigenvalue weighted by Crippen LogP contribution is 2.45. The third kappa shape index (κ3) is 6.30. The maximum Gasteiger partial charge on any atom is 0.298 e. The first kappa shape index (κ1) is 29.7. The highest BCUT2D eigenvalue weighted by atomic mass is 32.2. The molecule has 6 rings (SSSR count). The first-order chi connectivity index (χ1) is 20.6. The van der Waals surface area contributed by atoms with Crippen LogP contribution in [0, 0.1) is 18.8 Å². The zero-order valence-electron chi connectivity index (χ0n) is 25.5. The summed E-state index contributed by atoms with van der Waals surface area (Å²) >= 11 is 0. The van der Waals surface area contributed by atoms with Gasteiger partial charge in [0, 0.05) is 64.2 Å². The number of rotatable bonds is 5. The summed E-state index contributed by atoms with van der Waals surface area (Å²) < 4.78 is 30.5. The van der Waals surface area contributed by atoms with Crippen molar-refractivity contribution in [3.63, 3.8) is 0 Å². The standard InChI is InChI=1S/C31H41N7O4S/c1-21-15-23(24-17-38(18-24)25-8-10-37(19-25)27(39)7-5-6-9-35(3)4)16-26-29(21)42-22(2)28-30(34-26)32-20-33-31(28)36-11-13-43(40,41)14-12-36/h15-16,20,22,24-25H,6,8-14,17-19H2,1-4H3,(H,32,33,34)/t22-,25+/m1/s1. The number of carbonyl (C=O) groups is 1. The van der Waals surface area contributed by atoms with E-state index in [1.165, 1.54) is 11.9 Å². The van der Waals surface area contributed by atoms with Gasteiger partial charge in [0.15, 0.2) is 9.84 Å². The van der Waals surface area contributed by atoms with Crippen LogP contribution in [0.4, 0.5) is 17.3 Å². The molecule has 4 aliphatic heterocycles. The molecule has 2 atom stereocenters. The van der Waals surface area contributed by atoms with Crippen molar-refractivity contribution in [1.82, 2.24) is 24.7 Å². The molecule has 0 radical (unpaired) electrons. The minimum Gasteiger partial charge on any atom is -0.483 e. The summed E-state index contributed by atoms with van der Waals surface area (Å²) in [7, 11) is 1.00. The Morgan fingerprint density at radius 2 is 1.91 bits per heavy atom. The van der Waals surface area contributed by atoms with Gasteiger partial charge in [-0.3, -0.25) is 9.69 Å². The fourth-order valence-electron chi connectivity index (χ4n) is 6.43. The van der Waals surface area contributed by atoms with Gasteiger partial charge in [-0.2, -0.15) is 0 Å². The number of benzene rings is 1. The van der Waals surface area contributed by atoms with Gasteiger partial charge in [0.2, 0.25) is 0 Å². The first-order valence-corrected chi connectivity index (χ1v) is 16.9. The van der Waals surface area contributed by atoms with Gasteiger partial charge >= 0.3 is 0 Å². The number of aromatic nitrogens is 2. The molecule has 0 spiro atoms. The van der Waals surface area contributed by atoms with E-state index in [0.717, 1.165) is 67.5 Å². The molecule has 1 aromatic carbocycles. The Morgan fingerprint density at radius 3 is 2.65 bits per heavy atom. The quantitative estimate of drug-likeness (QED) is 0.508. The minimum absolute atomic E-state index is 0.0578. The predicted octanol–water partition coefficient (Wildman–Crippen LogP) is 2.17. The Labute approximate surface area is 254 Å². The molecule has 0 aliphatic carbocycles. The number of amides is 1. The highest BCUT2D eigenvalue weighted by molar-refractivity contribution is 7.91. The summed E-state index contributed by atoms with van der Waals surface area (Å²) in [6, 6.07) is 4.77. The Kier molecular flexibility index (Phi) is 8.24. The van der Waals surface area contributed by atoms with Crippen molar-refractivity contribution in [1.29, 1.82) is 0 Å². The number of hydrogen-bond acceptors (Lipinski definition) is 10. The fourth-order valence-corrected chi connectivity index (χ4v) is 7.63. The van der Waals surface area contributed by atoms with E-state index in [-0.39, 0.29) is 23.5 Å². The lowest BCUT2D eigenvalue weighted by molar-refractivity contribution is -0.124. The zero-order chi connectivity index (χ0) is 30.3. The second-order valence-electron chi connectivity index (χ2n) is 12.4. The molecule has 0 bridgehead atoms. The van der Waals surface area contributed by atoms with Crippen molar-refractivity contribution in [2.24, 2.45) is 0 Å². The number of ether oxygens (including phenoxy) is 1. The van der Waals surface area contributed by atoms with Gasteiger partial charge in [0.1, 0.15) is 29.8 Å². The topological polar surface area (TPSA) is 111 Å². The smallest absolute Gasteiger partial charge is 0.298 e. The van der Waals surface area contributed by atoms with Gasteiger partial charge in [-0.1, -0.05) is 12.0 Å². The lowest BCUT2D eigenvalue weighted by Crippen LogP contribution is -2.51. The molecule has 0 saturated carbocycles. The van der Waals surface area contributed by atoms with E-state index in [0.29, 0.717) is 37.3 Å². The van der Waals surface area contributed by atoms with Crippen LogP contribution in [0.25, 0.3) is 0 Å². The third-order valence-electron chi connectivity index (χ3n) is 8.99. The van der Waals surface area contributed by atoms with Gasteiger partial charge in [0.25, 0.3) is 5.91 Å². The summed E-state index contributed by atoms with van der Waals surface area (Å²) in [5, 5.41) is 3.53. The average Bonchev–Trinajstić information content (AvgIpc) is 3.36. The molecule has 2 aromatic rings. The number of hydrogen-bond donors (Lipinski definition) is 1. The first-order valence-electron chi connectivity index (χ1n) is 15.1. The van der Waals surface area contributed by atoms with Crippen LogP contribution in [-0.4, -0.2) is 116 Å². The van der Waals surface area contributed by atoms with Crippen molar-refractivity contribution in [3.05, 3.63) is 35.2 Å². The molecule has 3 fully saturated rings. The zero-order valence-corrected chi connectivity index (χ0v) is 26.3. The van der Waals surface area contributed by atoms with Crippen LogP contribution in [0.5, 0.6) is 5.75 Å². The number of nitrogens with one attached hydrogen (secondary N) is 1. The second-order valence-corrected chi connectivity index (χ2v) is 14.7. The summed E-state index contributed by atoms with van der Waals surface area (Å²) in [4.78, 5) is 30.2. The Morgan fingerprint density at radius 1 is 1.14 bits per heavy atom. The van der Waals surface area contributed by atoms with Gasteiger partial charge < -0.3 is 24.8 Å². The lowest BCUT2D eigenvalue weighted by Gasteiger charge is -2.43. The number of likely N-dealkylation sites (tertiary alicyclic amines) is 2. The van der Waals surface area contributed by atoms with Crippen molar-refractivity contribution in [2.75, 3.05) is 81.6 Å². The molecule has 1 N–H and O–H groups in total. The molecule has 12 heteroatoms. The Bertz CT molecular complexity index is 1550. The molecule has 4 aliphatic rings. The molecule has 1 amide bonds. The summed E-state index contributed by atoms with van der Waals surface area (Å²) in [5.41, 5.74) is 4.04. The molecule has 43 heavy (non-hydrogen) atoms. The number of aryl methyl sites for hydroxylation is 1. The SMILES string of the molecule is Cc1cc(C2CN([C@H]3CCN(C(=O)C#CCCN(C)C)C3)C2)cc2c1O[C@H](C)c1c(ncnc1N1CCS(=O)(=O)CC1)N2. The maximum absolute atomic E-state index is 12.6. The van der Waals surface area contributed by atoms with Crippen LogP contribution in [0.2, 0.25) is 0 Å². The largest absolute Gasteiger partial charge is 0.483 e. The number of fused-ring (bicyclic) bond motifs is 2. The van der Waals surface area contributed by atoms with E-state index < -0.39 is 9.84 Å². The van der Waals surface area contributed by atoms with E-state index >= 15 is 0 Å². The summed E-state index contributed by atoms with van der Waals surface area (Å²) in [5.74, 6) is 8.64. The molecule has 11 nitrogen and oxygen atoms in total. The van der Waals surface area contributed by atoms with E-state index in [1.807, 2.05) is 30.8 Å². The van der Waals surface area contributed by atoms with Gasteiger partial charge in [-0.15, -0.1) is 0 Å². The van der Waals surface area contributed by atoms with Crippen LogP contribution < -0.4 is 15.0 Å². The molecule has 5 heterocycles. The molecule has 0 unspecified atom stereocenters. The second kappa shape index (κ2) is 11.9. The fraction of sp³-hybridized carbons (Fsp3) is 0.581. The Hall–Kier alpha value is -3.40. The number of anilines is 3. The van der Waals surface area contributed by atoms with E-state index in [9.17, 15) is 13.2 Å². The van der Waals surface area contributed by atoms with Crippen LogP contribution in [-0.2, 0) is 14.6 Å². The van der Waals surface area contributed by atoms with E-state index in [2.05, 4.69) is 56.0 Å². The third-order valence-corrected chi connectivity index (χ3v) is 10.6. The highest BCUT2D eigenvalue weighted by Gasteiger charge is 2.38. The van der Waals surface area contributed by atoms with Gasteiger partial charge in [0.05, 0.1) is 22.8 Å². The summed E-state index contributed by atoms with van der Waals surface area (Å²) in [6.45, 7) is 9.15. The van der Waals surface area contributed by atoms with E-state index in [1.54, 1.807) is 0 Å². The van der Waals surface area contributed by atoms with Crippen molar-refractivity contribution >= 4 is 33.1 Å². The minimum atomic E-state index is -3.01. The van der Waals surface area contributed by atoms with Crippen molar-refractivity contribution in [2.45, 2.75) is 44.8 Å². The number of nitrogens with zero attached hydrogens (tertiary/aromatic N) is 6.